The number of carboxylic acids is 1. The molecule has 0 aliphatic rings. The van der Waals surface area contributed by atoms with Gasteiger partial charge in [-0.25, -0.2) is 0 Å². The number of carbonyl (C=O) groups is 1. The summed E-state index contributed by atoms with van der Waals surface area (Å²) in [6.07, 6.45) is 2.16. The number of aromatic nitrogens is 1. The standard InChI is InChI=1S/C11H12N2O2.Na.5H2O.H/c12-9(11(14)15)5-7-6-13-10-4-2-1-3-8(7)10;;;;;;;/h1-4,6,9,13H,5,12H2,(H,14,15);;5*1H2;/q;+1;;;;;;-1/t9-;;;;;;;/m0......./s1. The molecule has 120 valence electrons. The SMILES string of the molecule is N[C@@H](Cc1c[nH]c2ccccc12)C(=O)O.O.O.O.O.O.[H-].[Na+]. The summed E-state index contributed by atoms with van der Waals surface area (Å²) in [5.41, 5.74) is 7.43. The molecule has 1 atom stereocenters. The Hall–Kier alpha value is -1.01. The fraction of sp³-hybridized carbons (Fsp3) is 0.182. The van der Waals surface area contributed by atoms with Gasteiger partial charge in [0.15, 0.2) is 0 Å². The van der Waals surface area contributed by atoms with Crippen LogP contribution in [0.2, 0.25) is 0 Å². The van der Waals surface area contributed by atoms with Gasteiger partial charge < -0.3 is 44.6 Å². The average Bonchev–Trinajstić information content (AvgIpc) is 2.62. The molecule has 0 amide bonds. The monoisotopic (exact) mass is 318 g/mol. The van der Waals surface area contributed by atoms with Gasteiger partial charge in [-0.3, -0.25) is 4.79 Å². The van der Waals surface area contributed by atoms with Crippen molar-refractivity contribution in [2.75, 3.05) is 0 Å². The molecule has 2 aromatic rings. The predicted octanol–water partition coefficient (Wildman–Crippen LogP) is -5.88. The van der Waals surface area contributed by atoms with Crippen LogP contribution in [0.5, 0.6) is 0 Å². The van der Waals surface area contributed by atoms with Crippen molar-refractivity contribution in [1.29, 1.82) is 0 Å². The van der Waals surface area contributed by atoms with Gasteiger partial charge in [0.1, 0.15) is 6.04 Å². The molecule has 0 radical (unpaired) electrons. The van der Waals surface area contributed by atoms with Crippen LogP contribution in [0.25, 0.3) is 10.9 Å². The number of benzene rings is 1. The van der Waals surface area contributed by atoms with Crippen LogP contribution in [0.4, 0.5) is 0 Å². The van der Waals surface area contributed by atoms with Gasteiger partial charge in [0.25, 0.3) is 0 Å². The average molecular weight is 318 g/mol. The molecule has 14 N–H and O–H groups in total. The summed E-state index contributed by atoms with van der Waals surface area (Å²) in [4.78, 5) is 13.7. The van der Waals surface area contributed by atoms with Crippen LogP contribution in [-0.4, -0.2) is 49.5 Å². The number of nitrogens with one attached hydrogen (secondary N) is 1. The molecular weight excluding hydrogens is 295 g/mol. The van der Waals surface area contributed by atoms with E-state index in [1.165, 1.54) is 0 Å². The van der Waals surface area contributed by atoms with Gasteiger partial charge in [-0.05, 0) is 11.6 Å². The number of carboxylic acid groups (broad SMARTS) is 1. The van der Waals surface area contributed by atoms with Gasteiger partial charge in [0.2, 0.25) is 0 Å². The third kappa shape index (κ3) is 7.52. The van der Waals surface area contributed by atoms with Gasteiger partial charge in [0.05, 0.1) is 0 Å². The van der Waals surface area contributed by atoms with Crippen LogP contribution >= 0.6 is 0 Å². The number of fused-ring (bicyclic) bond motifs is 1. The second-order valence-electron chi connectivity index (χ2n) is 3.51. The number of hydrogen-bond acceptors (Lipinski definition) is 2. The Labute approximate surface area is 144 Å². The minimum atomic E-state index is -0.972. The molecule has 0 saturated carbocycles. The second-order valence-corrected chi connectivity index (χ2v) is 3.51. The first-order valence-corrected chi connectivity index (χ1v) is 4.72. The molecular formula is C11H23N2NaO7. The largest absolute Gasteiger partial charge is 1.00 e. The number of hydrogen-bond donors (Lipinski definition) is 3. The summed E-state index contributed by atoms with van der Waals surface area (Å²) < 4.78 is 0. The topological polar surface area (TPSA) is 237 Å². The smallest absolute Gasteiger partial charge is 1.00 e. The Bertz CT molecular complexity index is 512. The summed E-state index contributed by atoms with van der Waals surface area (Å²) in [7, 11) is 0. The van der Waals surface area contributed by atoms with Crippen molar-refractivity contribution in [3.63, 3.8) is 0 Å². The van der Waals surface area contributed by atoms with E-state index in [1.54, 1.807) is 0 Å². The van der Waals surface area contributed by atoms with E-state index >= 15 is 0 Å². The van der Waals surface area contributed by atoms with Crippen LogP contribution in [0, 0.1) is 0 Å². The predicted molar refractivity (Wildman–Crippen MR) is 76.8 cm³/mol. The minimum Gasteiger partial charge on any atom is -1.00 e. The molecule has 0 saturated heterocycles. The van der Waals surface area contributed by atoms with Crippen LogP contribution in [0.1, 0.15) is 6.99 Å². The number of rotatable bonds is 3. The van der Waals surface area contributed by atoms with Gasteiger partial charge in [-0.2, -0.15) is 0 Å². The second kappa shape index (κ2) is 13.9. The van der Waals surface area contributed by atoms with E-state index in [0.29, 0.717) is 6.42 Å². The van der Waals surface area contributed by atoms with Gasteiger partial charge >= 0.3 is 35.5 Å². The molecule has 1 aromatic carbocycles. The first-order chi connectivity index (χ1) is 7.18. The maximum absolute atomic E-state index is 10.6. The first-order valence-electron chi connectivity index (χ1n) is 4.72. The minimum absolute atomic E-state index is 0. The Morgan fingerprint density at radius 2 is 1.71 bits per heavy atom. The summed E-state index contributed by atoms with van der Waals surface area (Å²) in [5, 5.41) is 9.75. The third-order valence-electron chi connectivity index (χ3n) is 2.43. The van der Waals surface area contributed by atoms with Crippen molar-refractivity contribution in [3.8, 4) is 0 Å². The summed E-state index contributed by atoms with van der Waals surface area (Å²) >= 11 is 0. The zero-order valence-corrected chi connectivity index (χ0v) is 13.6. The van der Waals surface area contributed by atoms with Crippen LogP contribution < -0.4 is 35.3 Å². The molecule has 9 nitrogen and oxygen atoms in total. The van der Waals surface area contributed by atoms with E-state index in [2.05, 4.69) is 4.98 Å². The van der Waals surface area contributed by atoms with Gasteiger partial charge in [0, 0.05) is 23.5 Å². The molecule has 0 spiro atoms. The Morgan fingerprint density at radius 3 is 2.24 bits per heavy atom. The maximum Gasteiger partial charge on any atom is 1.00 e. The van der Waals surface area contributed by atoms with Crippen molar-refractivity contribution < 1.29 is 68.3 Å². The fourth-order valence-corrected chi connectivity index (χ4v) is 1.62. The Morgan fingerprint density at radius 1 is 1.19 bits per heavy atom. The molecule has 0 aliphatic carbocycles. The number of aromatic amines is 1. The van der Waals surface area contributed by atoms with Crippen molar-refractivity contribution >= 4 is 16.9 Å². The van der Waals surface area contributed by atoms with E-state index < -0.39 is 12.0 Å². The molecule has 10 heteroatoms. The molecule has 21 heavy (non-hydrogen) atoms. The van der Waals surface area contributed by atoms with E-state index in [0.717, 1.165) is 16.5 Å². The molecule has 2 rings (SSSR count). The normalized spacial score (nSPS) is 9.19. The van der Waals surface area contributed by atoms with Crippen LogP contribution in [0.3, 0.4) is 0 Å². The first kappa shape index (κ1) is 32.1. The molecule has 1 aromatic heterocycles. The van der Waals surface area contributed by atoms with E-state index in [-0.39, 0.29) is 58.4 Å². The van der Waals surface area contributed by atoms with Crippen LogP contribution in [0.15, 0.2) is 30.5 Å². The number of para-hydroxylation sites is 1. The third-order valence-corrected chi connectivity index (χ3v) is 2.43. The molecule has 0 unspecified atom stereocenters. The van der Waals surface area contributed by atoms with Crippen molar-refractivity contribution in [2.24, 2.45) is 5.73 Å². The summed E-state index contributed by atoms with van der Waals surface area (Å²) in [5.74, 6) is -0.972. The zero-order valence-electron chi connectivity index (χ0n) is 12.6. The number of aliphatic carboxylic acids is 1. The van der Waals surface area contributed by atoms with Crippen LogP contribution in [-0.2, 0) is 11.2 Å². The van der Waals surface area contributed by atoms with Gasteiger partial charge in [-0.1, -0.05) is 18.2 Å². The fourth-order valence-electron chi connectivity index (χ4n) is 1.62. The zero-order chi connectivity index (χ0) is 10.8. The van der Waals surface area contributed by atoms with Gasteiger partial charge in [-0.15, -0.1) is 0 Å². The van der Waals surface area contributed by atoms with Crippen molar-refractivity contribution in [1.82, 2.24) is 4.98 Å². The molecule has 0 aliphatic heterocycles. The van der Waals surface area contributed by atoms with E-state index in [4.69, 9.17) is 10.8 Å². The molecule has 0 bridgehead atoms. The Balaban J connectivity index is -0.0000000914. The Kier molecular flexibility index (Phi) is 21.3. The van der Waals surface area contributed by atoms with Crippen molar-refractivity contribution in [2.45, 2.75) is 12.5 Å². The van der Waals surface area contributed by atoms with E-state index in [1.807, 2.05) is 30.5 Å². The maximum atomic E-state index is 10.6. The van der Waals surface area contributed by atoms with E-state index in [9.17, 15) is 4.79 Å². The summed E-state index contributed by atoms with van der Waals surface area (Å²) in [6, 6.07) is 6.91. The number of H-pyrrole nitrogens is 1. The number of nitrogens with two attached hydrogens (primary N) is 1. The summed E-state index contributed by atoms with van der Waals surface area (Å²) in [6.45, 7) is 0. The molecule has 0 fully saturated rings. The quantitative estimate of drug-likeness (QED) is 0.469. The van der Waals surface area contributed by atoms with Crippen molar-refractivity contribution in [3.05, 3.63) is 36.0 Å². The molecule has 1 heterocycles.